The van der Waals surface area contributed by atoms with Crippen molar-refractivity contribution in [3.05, 3.63) is 24.3 Å². The lowest BCUT2D eigenvalue weighted by Crippen LogP contribution is -2.28. The zero-order chi connectivity index (χ0) is 14.5. The van der Waals surface area contributed by atoms with Gasteiger partial charge >= 0.3 is 0 Å². The molecule has 19 heavy (non-hydrogen) atoms. The number of nitrogens with two attached hydrogens (primary N) is 1. The van der Waals surface area contributed by atoms with Crippen LogP contribution in [0.3, 0.4) is 0 Å². The maximum absolute atomic E-state index is 11.4. The Morgan fingerprint density at radius 3 is 2.37 bits per heavy atom. The Labute approximate surface area is 114 Å². The molecule has 4 N–H and O–H groups in total. The number of nitrogens with one attached hydrogen (secondary N) is 1. The molecule has 0 aliphatic rings. The average Bonchev–Trinajstić information content (AvgIpc) is 2.37. The van der Waals surface area contributed by atoms with Gasteiger partial charge in [-0.25, -0.2) is 13.6 Å². The van der Waals surface area contributed by atoms with Crippen LogP contribution in [0.25, 0.3) is 0 Å². The molecule has 108 valence electrons. The first-order valence-electron chi connectivity index (χ1n) is 6.43. The van der Waals surface area contributed by atoms with Gasteiger partial charge in [-0.3, -0.25) is 0 Å². The first-order chi connectivity index (χ1) is 8.90. The van der Waals surface area contributed by atoms with Crippen molar-refractivity contribution in [3.63, 3.8) is 0 Å². The third-order valence-corrected chi connectivity index (χ3v) is 4.26. The monoisotopic (exact) mass is 286 g/mol. The van der Waals surface area contributed by atoms with Crippen molar-refractivity contribution in [1.82, 2.24) is 0 Å². The quantitative estimate of drug-likeness (QED) is 0.709. The summed E-state index contributed by atoms with van der Waals surface area (Å²) in [5, 5.41) is 18.1. The van der Waals surface area contributed by atoms with Gasteiger partial charge in [0.15, 0.2) is 0 Å². The summed E-state index contributed by atoms with van der Waals surface area (Å²) in [6.07, 6.45) is 1.26. The van der Waals surface area contributed by atoms with Gasteiger partial charge in [0.2, 0.25) is 10.0 Å². The van der Waals surface area contributed by atoms with Crippen LogP contribution in [0, 0.1) is 5.92 Å². The Kier molecular flexibility index (Phi) is 5.78. The maximum atomic E-state index is 11.4. The summed E-state index contributed by atoms with van der Waals surface area (Å²) in [5.74, 6) is 0.203. The van der Waals surface area contributed by atoms with Crippen molar-refractivity contribution < 1.29 is 13.5 Å². The second-order valence-electron chi connectivity index (χ2n) is 4.57. The van der Waals surface area contributed by atoms with Gasteiger partial charge in [-0.05, 0) is 18.1 Å². The topological polar surface area (TPSA) is 92.4 Å². The van der Waals surface area contributed by atoms with Gasteiger partial charge in [0.25, 0.3) is 0 Å². The molecule has 6 heteroatoms. The largest absolute Gasteiger partial charge is 0.391 e. The summed E-state index contributed by atoms with van der Waals surface area (Å²) in [6, 6.07) is 6.42. The van der Waals surface area contributed by atoms with Gasteiger partial charge in [-0.1, -0.05) is 38.8 Å². The molecule has 1 unspecified atom stereocenters. The highest BCUT2D eigenvalue weighted by molar-refractivity contribution is 7.89. The standard InChI is InChI=1S/C13H22N2O3S/c1-3-10(4-2)12(16)9-15-11-7-5-6-8-13(11)19(14,17)18/h5-8,10,12,15-16H,3-4,9H2,1-2H3,(H2,14,17,18). The zero-order valence-corrected chi connectivity index (χ0v) is 12.2. The second kappa shape index (κ2) is 6.88. The zero-order valence-electron chi connectivity index (χ0n) is 11.3. The molecule has 1 atom stereocenters. The highest BCUT2D eigenvalue weighted by atomic mass is 32.2. The predicted molar refractivity (Wildman–Crippen MR) is 76.4 cm³/mol. The number of hydrogen-bond acceptors (Lipinski definition) is 4. The molecule has 5 nitrogen and oxygen atoms in total. The van der Waals surface area contributed by atoms with E-state index in [9.17, 15) is 13.5 Å². The molecule has 0 saturated heterocycles. The molecule has 0 saturated carbocycles. The fraction of sp³-hybridized carbons (Fsp3) is 0.538. The van der Waals surface area contributed by atoms with E-state index in [1.807, 2.05) is 13.8 Å². The lowest BCUT2D eigenvalue weighted by molar-refractivity contribution is 0.114. The van der Waals surface area contributed by atoms with Crippen LogP contribution in [-0.2, 0) is 10.0 Å². The molecule has 0 aromatic heterocycles. The van der Waals surface area contributed by atoms with Gasteiger partial charge < -0.3 is 10.4 Å². The molecule has 0 aliphatic heterocycles. The van der Waals surface area contributed by atoms with E-state index in [0.717, 1.165) is 12.8 Å². The van der Waals surface area contributed by atoms with Crippen molar-refractivity contribution in [1.29, 1.82) is 0 Å². The van der Waals surface area contributed by atoms with E-state index in [0.29, 0.717) is 12.2 Å². The van der Waals surface area contributed by atoms with Crippen molar-refractivity contribution in [3.8, 4) is 0 Å². The Morgan fingerprint density at radius 1 is 1.26 bits per heavy atom. The average molecular weight is 286 g/mol. The molecular weight excluding hydrogens is 264 g/mol. The SMILES string of the molecule is CCC(CC)C(O)CNc1ccccc1S(N)(=O)=O. The van der Waals surface area contributed by atoms with Crippen LogP contribution in [0.4, 0.5) is 5.69 Å². The fourth-order valence-corrected chi connectivity index (χ4v) is 2.79. The predicted octanol–water partition coefficient (Wildman–Crippen LogP) is 1.54. The number of sulfonamides is 1. The lowest BCUT2D eigenvalue weighted by Gasteiger charge is -2.21. The molecule has 0 fully saturated rings. The van der Waals surface area contributed by atoms with E-state index in [1.54, 1.807) is 18.2 Å². The van der Waals surface area contributed by atoms with E-state index >= 15 is 0 Å². The molecule has 1 rings (SSSR count). The van der Waals surface area contributed by atoms with Crippen molar-refractivity contribution in [2.75, 3.05) is 11.9 Å². The summed E-state index contributed by atoms with van der Waals surface area (Å²) in [4.78, 5) is 0.0479. The van der Waals surface area contributed by atoms with E-state index < -0.39 is 16.1 Å². The summed E-state index contributed by atoms with van der Waals surface area (Å²) in [5.41, 5.74) is 0.426. The highest BCUT2D eigenvalue weighted by Crippen LogP contribution is 2.20. The smallest absolute Gasteiger partial charge is 0.240 e. The highest BCUT2D eigenvalue weighted by Gasteiger charge is 2.17. The van der Waals surface area contributed by atoms with Crippen molar-refractivity contribution in [2.45, 2.75) is 37.7 Å². The van der Waals surface area contributed by atoms with Crippen LogP contribution >= 0.6 is 0 Å². The van der Waals surface area contributed by atoms with Crippen LogP contribution in [0.2, 0.25) is 0 Å². The second-order valence-corrected chi connectivity index (χ2v) is 6.10. The van der Waals surface area contributed by atoms with E-state index in [4.69, 9.17) is 5.14 Å². The maximum Gasteiger partial charge on any atom is 0.240 e. The minimum Gasteiger partial charge on any atom is -0.391 e. The molecule has 0 spiro atoms. The number of anilines is 1. The first-order valence-corrected chi connectivity index (χ1v) is 7.98. The molecule has 0 amide bonds. The van der Waals surface area contributed by atoms with E-state index in [1.165, 1.54) is 6.07 Å². The Morgan fingerprint density at radius 2 is 1.84 bits per heavy atom. The van der Waals surface area contributed by atoms with Gasteiger partial charge in [0, 0.05) is 6.54 Å². The third kappa shape index (κ3) is 4.49. The number of aliphatic hydroxyl groups excluding tert-OH is 1. The number of primary sulfonamides is 1. The Balaban J connectivity index is 2.79. The molecule has 0 bridgehead atoms. The number of benzene rings is 1. The van der Waals surface area contributed by atoms with Crippen molar-refractivity contribution >= 4 is 15.7 Å². The van der Waals surface area contributed by atoms with Crippen molar-refractivity contribution in [2.24, 2.45) is 11.1 Å². The minimum absolute atomic E-state index is 0.0479. The van der Waals surface area contributed by atoms with Gasteiger partial charge in [0.1, 0.15) is 4.90 Å². The summed E-state index contributed by atoms with van der Waals surface area (Å²) >= 11 is 0. The van der Waals surface area contributed by atoms with Crippen LogP contribution in [-0.4, -0.2) is 26.2 Å². The van der Waals surface area contributed by atoms with Crippen LogP contribution in [0.15, 0.2) is 29.2 Å². The molecule has 0 aliphatic carbocycles. The van der Waals surface area contributed by atoms with E-state index in [-0.39, 0.29) is 10.8 Å². The summed E-state index contributed by atoms with van der Waals surface area (Å²) in [7, 11) is -3.76. The number of aliphatic hydroxyl groups is 1. The molecule has 1 aromatic rings. The Hall–Kier alpha value is -1.11. The molecule has 0 heterocycles. The fourth-order valence-electron chi connectivity index (χ4n) is 2.07. The number of para-hydroxylation sites is 1. The van der Waals surface area contributed by atoms with Crippen LogP contribution in [0.5, 0.6) is 0 Å². The van der Waals surface area contributed by atoms with Crippen LogP contribution in [0.1, 0.15) is 26.7 Å². The molecular formula is C13H22N2O3S. The minimum atomic E-state index is -3.76. The molecule has 0 radical (unpaired) electrons. The normalized spacial score (nSPS) is 13.5. The van der Waals surface area contributed by atoms with Gasteiger partial charge in [0.05, 0.1) is 11.8 Å². The lowest BCUT2D eigenvalue weighted by atomic mass is 9.96. The van der Waals surface area contributed by atoms with Gasteiger partial charge in [-0.2, -0.15) is 0 Å². The summed E-state index contributed by atoms with van der Waals surface area (Å²) < 4.78 is 22.8. The molecule has 1 aromatic carbocycles. The first kappa shape index (κ1) is 15.9. The number of hydrogen-bond donors (Lipinski definition) is 3. The van der Waals surface area contributed by atoms with E-state index in [2.05, 4.69) is 5.32 Å². The third-order valence-electron chi connectivity index (χ3n) is 3.29. The Bertz CT molecular complexity index is 498. The van der Waals surface area contributed by atoms with Crippen LogP contribution < -0.4 is 10.5 Å². The number of rotatable bonds is 7. The summed E-state index contributed by atoms with van der Waals surface area (Å²) in [6.45, 7) is 4.35. The van der Waals surface area contributed by atoms with Gasteiger partial charge in [-0.15, -0.1) is 0 Å².